The molecule has 0 aliphatic carbocycles. The van der Waals surface area contributed by atoms with Crippen molar-refractivity contribution >= 4 is 17.7 Å². The minimum absolute atomic E-state index is 0.223. The molecule has 0 unspecified atom stereocenters. The SMILES string of the molecule is CCOC(=O)CC(=O)Nc1c(C#N)cnn1C. The molecule has 0 aromatic carbocycles. The van der Waals surface area contributed by atoms with E-state index in [-0.39, 0.29) is 24.4 Å². The van der Waals surface area contributed by atoms with Gasteiger partial charge in [-0.1, -0.05) is 0 Å². The monoisotopic (exact) mass is 236 g/mol. The van der Waals surface area contributed by atoms with E-state index in [1.807, 2.05) is 6.07 Å². The minimum Gasteiger partial charge on any atom is -0.466 e. The fraction of sp³-hybridized carbons (Fsp3) is 0.400. The van der Waals surface area contributed by atoms with Crippen molar-refractivity contribution < 1.29 is 14.3 Å². The van der Waals surface area contributed by atoms with Gasteiger partial charge in [0.2, 0.25) is 5.91 Å². The van der Waals surface area contributed by atoms with Crippen LogP contribution >= 0.6 is 0 Å². The smallest absolute Gasteiger partial charge is 0.315 e. The van der Waals surface area contributed by atoms with E-state index >= 15 is 0 Å². The number of carbonyl (C=O) groups is 2. The van der Waals surface area contributed by atoms with Crippen LogP contribution in [0.25, 0.3) is 0 Å². The second-order valence-corrected chi connectivity index (χ2v) is 3.17. The average Bonchev–Trinajstić information content (AvgIpc) is 2.60. The van der Waals surface area contributed by atoms with Crippen LogP contribution in [-0.2, 0) is 21.4 Å². The molecule has 0 aliphatic rings. The van der Waals surface area contributed by atoms with Gasteiger partial charge in [0, 0.05) is 7.05 Å². The average molecular weight is 236 g/mol. The lowest BCUT2D eigenvalue weighted by Gasteiger charge is -2.05. The number of hydrogen-bond donors (Lipinski definition) is 1. The molecule has 1 aromatic rings. The number of hydrogen-bond acceptors (Lipinski definition) is 5. The molecule has 0 saturated heterocycles. The predicted octanol–water partition coefficient (Wildman–Crippen LogP) is 0.183. The van der Waals surface area contributed by atoms with Crippen molar-refractivity contribution in [2.24, 2.45) is 7.05 Å². The van der Waals surface area contributed by atoms with E-state index in [1.165, 1.54) is 10.9 Å². The maximum absolute atomic E-state index is 11.5. The molecule has 7 heteroatoms. The third kappa shape index (κ3) is 3.31. The van der Waals surface area contributed by atoms with E-state index in [4.69, 9.17) is 5.26 Å². The van der Waals surface area contributed by atoms with Crippen LogP contribution in [0.2, 0.25) is 0 Å². The molecule has 0 atom stereocenters. The van der Waals surface area contributed by atoms with Gasteiger partial charge >= 0.3 is 5.97 Å². The van der Waals surface area contributed by atoms with E-state index in [2.05, 4.69) is 15.2 Å². The quantitative estimate of drug-likeness (QED) is 0.594. The van der Waals surface area contributed by atoms with Gasteiger partial charge in [-0.15, -0.1) is 0 Å². The third-order valence-corrected chi connectivity index (χ3v) is 1.93. The number of amides is 1. The van der Waals surface area contributed by atoms with Crippen LogP contribution in [0.4, 0.5) is 5.82 Å². The number of aryl methyl sites for hydroxylation is 1. The molecule has 0 fully saturated rings. The summed E-state index contributed by atoms with van der Waals surface area (Å²) in [6.07, 6.45) is 0.948. The first-order valence-corrected chi connectivity index (χ1v) is 4.96. The number of carbonyl (C=O) groups excluding carboxylic acids is 2. The molecular weight excluding hydrogens is 224 g/mol. The summed E-state index contributed by atoms with van der Waals surface area (Å²) in [5.41, 5.74) is 0.240. The van der Waals surface area contributed by atoms with Gasteiger partial charge in [0.15, 0.2) is 0 Å². The van der Waals surface area contributed by atoms with E-state index in [0.29, 0.717) is 0 Å². The lowest BCUT2D eigenvalue weighted by molar-refractivity contribution is -0.145. The van der Waals surface area contributed by atoms with Crippen LogP contribution in [0, 0.1) is 11.3 Å². The van der Waals surface area contributed by atoms with Crippen molar-refractivity contribution in [3.05, 3.63) is 11.8 Å². The van der Waals surface area contributed by atoms with E-state index < -0.39 is 11.9 Å². The second-order valence-electron chi connectivity index (χ2n) is 3.17. The molecule has 17 heavy (non-hydrogen) atoms. The topological polar surface area (TPSA) is 97.0 Å². The minimum atomic E-state index is -0.606. The van der Waals surface area contributed by atoms with E-state index in [9.17, 15) is 9.59 Å². The van der Waals surface area contributed by atoms with Crippen molar-refractivity contribution in [1.82, 2.24) is 9.78 Å². The van der Waals surface area contributed by atoms with Gasteiger partial charge in [0.1, 0.15) is 23.9 Å². The lowest BCUT2D eigenvalue weighted by Crippen LogP contribution is -2.20. The number of rotatable bonds is 4. The molecule has 1 heterocycles. The summed E-state index contributed by atoms with van der Waals surface area (Å²) in [6.45, 7) is 1.88. The first kappa shape index (κ1) is 12.7. The van der Waals surface area contributed by atoms with Crippen molar-refractivity contribution in [2.45, 2.75) is 13.3 Å². The number of nitriles is 1. The summed E-state index contributed by atoms with van der Waals surface area (Å²) in [4.78, 5) is 22.5. The Morgan fingerprint density at radius 2 is 2.35 bits per heavy atom. The Balaban J connectivity index is 2.65. The van der Waals surface area contributed by atoms with Crippen LogP contribution in [-0.4, -0.2) is 28.3 Å². The molecule has 0 radical (unpaired) electrons. The fourth-order valence-corrected chi connectivity index (χ4v) is 1.19. The highest BCUT2D eigenvalue weighted by Gasteiger charge is 2.14. The van der Waals surface area contributed by atoms with Crippen LogP contribution in [0.3, 0.4) is 0 Å². The number of ether oxygens (including phenoxy) is 1. The first-order valence-electron chi connectivity index (χ1n) is 4.96. The van der Waals surface area contributed by atoms with E-state index in [0.717, 1.165) is 0 Å². The highest BCUT2D eigenvalue weighted by molar-refractivity contribution is 6.01. The Labute approximate surface area is 98.0 Å². The number of nitrogens with zero attached hydrogens (tertiary/aromatic N) is 3. The maximum Gasteiger partial charge on any atom is 0.315 e. The number of esters is 1. The molecular formula is C10H12N4O3. The zero-order valence-corrected chi connectivity index (χ0v) is 9.56. The molecule has 1 N–H and O–H groups in total. The van der Waals surface area contributed by atoms with Gasteiger partial charge in [0.25, 0.3) is 0 Å². The van der Waals surface area contributed by atoms with E-state index in [1.54, 1.807) is 14.0 Å². The summed E-state index contributed by atoms with van der Waals surface area (Å²) in [5, 5.41) is 15.0. The van der Waals surface area contributed by atoms with Crippen molar-refractivity contribution in [2.75, 3.05) is 11.9 Å². The molecule has 90 valence electrons. The Kier molecular flexibility index (Phi) is 4.22. The Morgan fingerprint density at radius 1 is 1.65 bits per heavy atom. The summed E-state index contributed by atoms with van der Waals surface area (Å²) >= 11 is 0. The Bertz CT molecular complexity index is 472. The molecule has 0 aliphatic heterocycles. The lowest BCUT2D eigenvalue weighted by atomic mass is 10.3. The van der Waals surface area contributed by atoms with Gasteiger partial charge in [-0.3, -0.25) is 14.3 Å². The molecule has 7 nitrogen and oxygen atoms in total. The number of nitrogens with one attached hydrogen (secondary N) is 1. The zero-order valence-electron chi connectivity index (χ0n) is 9.56. The normalized spacial score (nSPS) is 9.47. The van der Waals surface area contributed by atoms with Crippen LogP contribution in [0.1, 0.15) is 18.9 Å². The van der Waals surface area contributed by atoms with Crippen LogP contribution in [0.15, 0.2) is 6.20 Å². The molecule has 1 aromatic heterocycles. The molecule has 1 amide bonds. The van der Waals surface area contributed by atoms with Gasteiger partial charge in [-0.2, -0.15) is 10.4 Å². The molecule has 0 saturated carbocycles. The summed E-state index contributed by atoms with van der Waals surface area (Å²) in [6, 6.07) is 1.89. The molecule has 1 rings (SSSR count). The zero-order chi connectivity index (χ0) is 12.8. The van der Waals surface area contributed by atoms with Crippen molar-refractivity contribution in [3.8, 4) is 6.07 Å². The first-order chi connectivity index (χ1) is 8.08. The Morgan fingerprint density at radius 3 is 2.94 bits per heavy atom. The third-order valence-electron chi connectivity index (χ3n) is 1.93. The van der Waals surface area contributed by atoms with Gasteiger partial charge in [0.05, 0.1) is 12.8 Å². The number of anilines is 1. The number of aromatic nitrogens is 2. The fourth-order valence-electron chi connectivity index (χ4n) is 1.19. The highest BCUT2D eigenvalue weighted by atomic mass is 16.5. The maximum atomic E-state index is 11.5. The highest BCUT2D eigenvalue weighted by Crippen LogP contribution is 2.12. The van der Waals surface area contributed by atoms with Crippen molar-refractivity contribution in [1.29, 1.82) is 5.26 Å². The van der Waals surface area contributed by atoms with Gasteiger partial charge in [-0.25, -0.2) is 0 Å². The Hall–Kier alpha value is -2.36. The summed E-state index contributed by atoms with van der Waals surface area (Å²) < 4.78 is 5.98. The summed E-state index contributed by atoms with van der Waals surface area (Å²) in [5.74, 6) is -0.879. The van der Waals surface area contributed by atoms with Gasteiger partial charge in [-0.05, 0) is 6.92 Å². The largest absolute Gasteiger partial charge is 0.466 e. The standard InChI is InChI=1S/C10H12N4O3/c1-3-17-9(16)4-8(15)13-10-7(5-11)6-12-14(10)2/h6H,3-4H2,1-2H3,(H,13,15). The predicted molar refractivity (Wildman–Crippen MR) is 57.8 cm³/mol. The van der Waals surface area contributed by atoms with Crippen molar-refractivity contribution in [3.63, 3.8) is 0 Å². The summed E-state index contributed by atoms with van der Waals surface area (Å²) in [7, 11) is 1.58. The second kappa shape index (κ2) is 5.65. The molecule has 0 spiro atoms. The van der Waals surface area contributed by atoms with Gasteiger partial charge < -0.3 is 10.1 Å². The molecule has 0 bridgehead atoms. The van der Waals surface area contributed by atoms with Crippen LogP contribution in [0.5, 0.6) is 0 Å². The van der Waals surface area contributed by atoms with Crippen LogP contribution < -0.4 is 5.32 Å².